The van der Waals surface area contributed by atoms with Crippen molar-refractivity contribution in [3.63, 3.8) is 0 Å². The smallest absolute Gasteiger partial charge is 0.167 e. The molecule has 9 nitrogen and oxygen atoms in total. The second-order valence-electron chi connectivity index (χ2n) is 7.84. The summed E-state index contributed by atoms with van der Waals surface area (Å²) in [4.78, 5) is 12.0. The number of ether oxygens (including phenoxy) is 1. The van der Waals surface area contributed by atoms with Gasteiger partial charge in [-0.15, -0.1) is 10.2 Å². The van der Waals surface area contributed by atoms with Crippen LogP contribution in [0.2, 0.25) is 0 Å². The highest BCUT2D eigenvalue weighted by Crippen LogP contribution is 2.45. The summed E-state index contributed by atoms with van der Waals surface area (Å²) in [5.74, 6) is 3.11. The number of hydrogen-bond acceptors (Lipinski definition) is 8. The van der Waals surface area contributed by atoms with Gasteiger partial charge in [0.05, 0.1) is 25.0 Å². The van der Waals surface area contributed by atoms with E-state index in [2.05, 4.69) is 36.7 Å². The summed E-state index contributed by atoms with van der Waals surface area (Å²) in [5, 5.41) is 13.1. The maximum atomic E-state index is 5.90. The van der Waals surface area contributed by atoms with Gasteiger partial charge in [0.25, 0.3) is 0 Å². The molecule has 2 aliphatic heterocycles. The van der Waals surface area contributed by atoms with E-state index in [0.29, 0.717) is 19.0 Å². The Bertz CT molecular complexity index is 1270. The fourth-order valence-electron chi connectivity index (χ4n) is 4.64. The van der Waals surface area contributed by atoms with Crippen LogP contribution in [0.25, 0.3) is 28.3 Å². The van der Waals surface area contributed by atoms with E-state index in [0.717, 1.165) is 52.9 Å². The minimum absolute atomic E-state index is 0.408. The van der Waals surface area contributed by atoms with Gasteiger partial charge in [0.1, 0.15) is 29.0 Å². The average molecular weight is 415 g/mol. The number of benzene rings is 1. The van der Waals surface area contributed by atoms with Gasteiger partial charge in [-0.2, -0.15) is 0 Å². The number of hydrogen-bond donors (Lipinski definition) is 0. The average Bonchev–Trinajstić information content (AvgIpc) is 3.47. The largest absolute Gasteiger partial charge is 0.377 e. The minimum atomic E-state index is -0.408. The summed E-state index contributed by atoms with van der Waals surface area (Å²) >= 11 is 0. The molecule has 9 heteroatoms. The molecule has 3 aromatic heterocycles. The van der Waals surface area contributed by atoms with E-state index in [1.807, 2.05) is 43.5 Å². The lowest BCUT2D eigenvalue weighted by atomic mass is 9.90. The Morgan fingerprint density at radius 2 is 2.03 bits per heavy atom. The number of nitrogens with zero attached hydrogens (tertiary/aromatic N) is 7. The highest BCUT2D eigenvalue weighted by Gasteiger charge is 2.49. The second kappa shape index (κ2) is 6.71. The van der Waals surface area contributed by atoms with Crippen molar-refractivity contribution in [1.82, 2.24) is 29.9 Å². The third kappa shape index (κ3) is 2.50. The molecular formula is C22H21N7O2. The van der Waals surface area contributed by atoms with E-state index < -0.39 is 5.54 Å². The van der Waals surface area contributed by atoms with E-state index in [4.69, 9.17) is 14.2 Å². The van der Waals surface area contributed by atoms with Crippen LogP contribution in [0.1, 0.15) is 25.0 Å². The predicted octanol–water partition coefficient (Wildman–Crippen LogP) is 3.14. The number of rotatable bonds is 3. The van der Waals surface area contributed by atoms with Crippen molar-refractivity contribution in [2.75, 3.05) is 24.7 Å². The first kappa shape index (κ1) is 18.2. The Kier molecular flexibility index (Phi) is 3.94. The van der Waals surface area contributed by atoms with Gasteiger partial charge in [-0.05, 0) is 13.3 Å². The molecule has 4 aromatic rings. The zero-order chi connectivity index (χ0) is 21.0. The molecular weight excluding hydrogens is 394 g/mol. The molecule has 0 saturated carbocycles. The summed E-state index contributed by atoms with van der Waals surface area (Å²) in [6.45, 7) is 6.00. The summed E-state index contributed by atoms with van der Waals surface area (Å²) < 4.78 is 13.3. The maximum absolute atomic E-state index is 5.90. The fraction of sp³-hybridized carbons (Fsp3) is 0.318. The third-order valence-corrected chi connectivity index (χ3v) is 6.25. The van der Waals surface area contributed by atoms with Crippen LogP contribution in [-0.4, -0.2) is 49.6 Å². The quantitative estimate of drug-likeness (QED) is 0.504. The summed E-state index contributed by atoms with van der Waals surface area (Å²) in [7, 11) is 0. The van der Waals surface area contributed by atoms with Crippen molar-refractivity contribution in [2.45, 2.75) is 25.8 Å². The van der Waals surface area contributed by atoms with Gasteiger partial charge in [-0.25, -0.2) is 9.97 Å². The van der Waals surface area contributed by atoms with Crippen molar-refractivity contribution in [3.8, 4) is 28.3 Å². The summed E-state index contributed by atoms with van der Waals surface area (Å²) in [6.07, 6.45) is 4.27. The van der Waals surface area contributed by atoms with Crippen molar-refractivity contribution < 1.29 is 9.26 Å². The van der Waals surface area contributed by atoms with Crippen LogP contribution in [-0.2, 0) is 10.3 Å². The SMILES string of the molecule is CCC12COCCN1c1nc(-c3conc3-c3ccccc3)ncc1-n1c(C)nnc12. The predicted molar refractivity (Wildman–Crippen MR) is 113 cm³/mol. The molecule has 6 rings (SSSR count). The van der Waals surface area contributed by atoms with Crippen LogP contribution in [0.3, 0.4) is 0 Å². The third-order valence-electron chi connectivity index (χ3n) is 6.25. The molecule has 2 aliphatic rings. The van der Waals surface area contributed by atoms with Gasteiger partial charge in [0.15, 0.2) is 17.5 Å². The molecule has 0 N–H and O–H groups in total. The molecule has 1 fully saturated rings. The zero-order valence-electron chi connectivity index (χ0n) is 17.3. The summed E-state index contributed by atoms with van der Waals surface area (Å²) in [6, 6.07) is 9.91. The lowest BCUT2D eigenvalue weighted by Crippen LogP contribution is -2.58. The monoisotopic (exact) mass is 415 g/mol. The standard InChI is InChI=1S/C22H21N7O2/c1-3-22-13-30-10-9-28(22)20-17(29-14(2)25-26-21(22)29)11-23-19(24-20)16-12-31-27-18(16)15-7-5-4-6-8-15/h4-8,11-12H,3,9-10,13H2,1-2H3. The maximum Gasteiger partial charge on any atom is 0.167 e. The zero-order valence-corrected chi connectivity index (χ0v) is 17.3. The van der Waals surface area contributed by atoms with Gasteiger partial charge in [0.2, 0.25) is 0 Å². The van der Waals surface area contributed by atoms with Crippen molar-refractivity contribution in [3.05, 3.63) is 54.4 Å². The minimum Gasteiger partial charge on any atom is -0.377 e. The van der Waals surface area contributed by atoms with Gasteiger partial charge < -0.3 is 14.2 Å². The van der Waals surface area contributed by atoms with E-state index in [9.17, 15) is 0 Å². The van der Waals surface area contributed by atoms with E-state index in [1.54, 1.807) is 6.26 Å². The Labute approximate surface area is 178 Å². The molecule has 0 bridgehead atoms. The van der Waals surface area contributed by atoms with Gasteiger partial charge >= 0.3 is 0 Å². The first-order valence-electron chi connectivity index (χ1n) is 10.4. The Morgan fingerprint density at radius 3 is 2.87 bits per heavy atom. The van der Waals surface area contributed by atoms with E-state index in [-0.39, 0.29) is 0 Å². The molecule has 0 spiro atoms. The lowest BCUT2D eigenvalue weighted by Gasteiger charge is -2.49. The highest BCUT2D eigenvalue weighted by molar-refractivity contribution is 5.78. The van der Waals surface area contributed by atoms with Crippen molar-refractivity contribution >= 4 is 5.82 Å². The molecule has 0 radical (unpaired) electrons. The highest BCUT2D eigenvalue weighted by atomic mass is 16.5. The van der Waals surface area contributed by atoms with Crippen LogP contribution < -0.4 is 4.90 Å². The Morgan fingerprint density at radius 1 is 1.16 bits per heavy atom. The summed E-state index contributed by atoms with van der Waals surface area (Å²) in [5.41, 5.74) is 2.91. The molecule has 0 aliphatic carbocycles. The number of anilines is 1. The molecule has 0 amide bonds. The number of aryl methyl sites for hydroxylation is 1. The Hall–Kier alpha value is -3.59. The van der Waals surface area contributed by atoms with Crippen LogP contribution in [0.15, 0.2) is 47.3 Å². The van der Waals surface area contributed by atoms with Crippen LogP contribution in [0.4, 0.5) is 5.82 Å². The Balaban J connectivity index is 1.55. The van der Waals surface area contributed by atoms with Crippen LogP contribution >= 0.6 is 0 Å². The van der Waals surface area contributed by atoms with E-state index >= 15 is 0 Å². The normalized spacial score (nSPS) is 19.6. The molecule has 1 atom stereocenters. The van der Waals surface area contributed by atoms with E-state index in [1.165, 1.54) is 0 Å². The number of morpholine rings is 1. The molecule has 156 valence electrons. The van der Waals surface area contributed by atoms with Crippen molar-refractivity contribution in [2.24, 2.45) is 0 Å². The number of aromatic nitrogens is 6. The molecule has 5 heterocycles. The first-order chi connectivity index (χ1) is 15.2. The topological polar surface area (TPSA) is 95.0 Å². The van der Waals surface area contributed by atoms with Gasteiger partial charge in [-0.3, -0.25) is 4.57 Å². The molecule has 31 heavy (non-hydrogen) atoms. The van der Waals surface area contributed by atoms with Crippen LogP contribution in [0, 0.1) is 6.92 Å². The van der Waals surface area contributed by atoms with Crippen molar-refractivity contribution in [1.29, 1.82) is 0 Å². The lowest BCUT2D eigenvalue weighted by molar-refractivity contribution is 0.0390. The molecule has 1 unspecified atom stereocenters. The molecule has 1 aromatic carbocycles. The van der Waals surface area contributed by atoms with Crippen LogP contribution in [0.5, 0.6) is 0 Å². The van der Waals surface area contributed by atoms with Gasteiger partial charge in [0, 0.05) is 12.1 Å². The fourth-order valence-corrected chi connectivity index (χ4v) is 4.64. The van der Waals surface area contributed by atoms with Gasteiger partial charge in [-0.1, -0.05) is 42.4 Å². The molecule has 1 saturated heterocycles. The number of fused-ring (bicyclic) bond motifs is 6. The second-order valence-corrected chi connectivity index (χ2v) is 7.84. The first-order valence-corrected chi connectivity index (χ1v) is 10.4.